The maximum Gasteiger partial charge on any atom is 0.0707 e. The van der Waals surface area contributed by atoms with E-state index in [0.717, 1.165) is 0 Å². The summed E-state index contributed by atoms with van der Waals surface area (Å²) in [5, 5.41) is 13.4. The number of aliphatic hydroxyl groups is 1. The first-order valence-electron chi connectivity index (χ1n) is 7.55. The summed E-state index contributed by atoms with van der Waals surface area (Å²) < 4.78 is 11.4. The normalized spacial score (nSPS) is 23.4. The Balaban J connectivity index is 1.70. The van der Waals surface area contributed by atoms with Gasteiger partial charge in [-0.05, 0) is 52.4 Å². The molecule has 4 heteroatoms. The van der Waals surface area contributed by atoms with Crippen molar-refractivity contribution in [1.82, 2.24) is 5.32 Å². The summed E-state index contributed by atoms with van der Waals surface area (Å²) in [5.74, 6) is 0.585. The lowest BCUT2D eigenvalue weighted by molar-refractivity contribution is -0.0506. The highest BCUT2D eigenvalue weighted by molar-refractivity contribution is 5.04. The summed E-state index contributed by atoms with van der Waals surface area (Å²) in [6.07, 6.45) is 4.90. The van der Waals surface area contributed by atoms with Gasteiger partial charge in [0.05, 0.1) is 37.6 Å². The molecule has 19 heavy (non-hydrogen) atoms. The number of aliphatic hydroxyl groups excluding tert-OH is 1. The Bertz CT molecular complexity index is 282. The second-order valence-corrected chi connectivity index (χ2v) is 7.02. The molecule has 2 saturated carbocycles. The molecule has 2 aliphatic carbocycles. The minimum Gasteiger partial charge on any atom is -0.394 e. The van der Waals surface area contributed by atoms with Gasteiger partial charge in [-0.15, -0.1) is 0 Å². The minimum absolute atomic E-state index is 0.111. The van der Waals surface area contributed by atoms with Crippen LogP contribution in [0.1, 0.15) is 46.5 Å². The highest BCUT2D eigenvalue weighted by Crippen LogP contribution is 2.41. The van der Waals surface area contributed by atoms with E-state index in [4.69, 9.17) is 9.47 Å². The fraction of sp³-hybridized carbons (Fsp3) is 1.00. The van der Waals surface area contributed by atoms with Gasteiger partial charge in [-0.25, -0.2) is 0 Å². The third-order valence-corrected chi connectivity index (χ3v) is 3.83. The molecule has 0 aliphatic heterocycles. The first-order valence-corrected chi connectivity index (χ1v) is 7.55. The molecule has 2 rings (SSSR count). The summed E-state index contributed by atoms with van der Waals surface area (Å²) in [6, 6.07) is 0.599. The van der Waals surface area contributed by atoms with Crippen molar-refractivity contribution in [2.75, 3.05) is 26.4 Å². The van der Waals surface area contributed by atoms with E-state index in [0.29, 0.717) is 31.8 Å². The number of rotatable bonds is 9. The van der Waals surface area contributed by atoms with Crippen molar-refractivity contribution < 1.29 is 14.6 Å². The molecule has 2 aliphatic rings. The quantitative estimate of drug-likeness (QED) is 0.627. The van der Waals surface area contributed by atoms with Gasteiger partial charge in [-0.2, -0.15) is 0 Å². The van der Waals surface area contributed by atoms with E-state index in [9.17, 15) is 5.11 Å². The number of hydrogen-bond acceptors (Lipinski definition) is 4. The maximum absolute atomic E-state index is 9.78. The van der Waals surface area contributed by atoms with E-state index in [1.54, 1.807) is 0 Å². The van der Waals surface area contributed by atoms with Crippen molar-refractivity contribution in [3.8, 4) is 0 Å². The van der Waals surface area contributed by atoms with Crippen molar-refractivity contribution in [1.29, 1.82) is 0 Å². The molecular formula is C15H29NO3. The van der Waals surface area contributed by atoms with Crippen molar-refractivity contribution in [2.45, 2.75) is 63.6 Å². The predicted octanol–water partition coefficient (Wildman–Crippen LogP) is 1.71. The topological polar surface area (TPSA) is 50.7 Å². The predicted molar refractivity (Wildman–Crippen MR) is 75.2 cm³/mol. The van der Waals surface area contributed by atoms with Crippen LogP contribution in [0.25, 0.3) is 0 Å². The summed E-state index contributed by atoms with van der Waals surface area (Å²) in [7, 11) is 0. The monoisotopic (exact) mass is 271 g/mol. The molecule has 1 unspecified atom stereocenters. The summed E-state index contributed by atoms with van der Waals surface area (Å²) >= 11 is 0. The van der Waals surface area contributed by atoms with E-state index in [1.807, 2.05) is 20.8 Å². The Kier molecular flexibility index (Phi) is 4.88. The van der Waals surface area contributed by atoms with Crippen molar-refractivity contribution in [3.05, 3.63) is 0 Å². The first-order chi connectivity index (χ1) is 8.95. The molecular weight excluding hydrogens is 242 g/mol. The zero-order valence-corrected chi connectivity index (χ0v) is 12.6. The fourth-order valence-corrected chi connectivity index (χ4v) is 2.43. The lowest BCUT2D eigenvalue weighted by Gasteiger charge is -2.33. The molecule has 0 amide bonds. The van der Waals surface area contributed by atoms with Gasteiger partial charge in [0.15, 0.2) is 0 Å². The number of hydrogen-bond donors (Lipinski definition) is 2. The molecule has 0 spiro atoms. The van der Waals surface area contributed by atoms with Crippen LogP contribution in [-0.2, 0) is 9.47 Å². The van der Waals surface area contributed by atoms with Crippen LogP contribution in [0.3, 0.4) is 0 Å². The third-order valence-electron chi connectivity index (χ3n) is 3.83. The zero-order valence-electron chi connectivity index (χ0n) is 12.6. The van der Waals surface area contributed by atoms with Crippen LogP contribution in [0, 0.1) is 5.92 Å². The second-order valence-electron chi connectivity index (χ2n) is 7.02. The Labute approximate surface area is 116 Å². The molecule has 0 aromatic heterocycles. The molecule has 0 heterocycles. The van der Waals surface area contributed by atoms with Crippen LogP contribution in [0.5, 0.6) is 0 Å². The Morgan fingerprint density at radius 3 is 2.26 bits per heavy atom. The molecule has 112 valence electrons. The van der Waals surface area contributed by atoms with Crippen LogP contribution in [0.15, 0.2) is 0 Å². The van der Waals surface area contributed by atoms with Gasteiger partial charge < -0.3 is 19.9 Å². The molecule has 2 N–H and O–H groups in total. The molecule has 0 bridgehead atoms. The second kappa shape index (κ2) is 6.08. The highest BCUT2D eigenvalue weighted by Gasteiger charge is 2.47. The van der Waals surface area contributed by atoms with Gasteiger partial charge >= 0.3 is 0 Å². The van der Waals surface area contributed by atoms with Crippen molar-refractivity contribution in [3.63, 3.8) is 0 Å². The molecule has 0 aromatic rings. The van der Waals surface area contributed by atoms with E-state index in [1.165, 1.54) is 25.7 Å². The molecule has 0 radical (unpaired) electrons. The number of ether oxygens (including phenoxy) is 2. The zero-order chi connectivity index (χ0) is 13.9. The molecule has 0 saturated heterocycles. The molecule has 0 aromatic carbocycles. The smallest absolute Gasteiger partial charge is 0.0707 e. The van der Waals surface area contributed by atoms with Gasteiger partial charge in [-0.3, -0.25) is 0 Å². The maximum atomic E-state index is 9.78. The van der Waals surface area contributed by atoms with E-state index in [2.05, 4.69) is 5.32 Å². The van der Waals surface area contributed by atoms with Crippen molar-refractivity contribution in [2.24, 2.45) is 5.92 Å². The lowest BCUT2D eigenvalue weighted by atomic mass is 9.95. The molecule has 1 atom stereocenters. The summed E-state index contributed by atoms with van der Waals surface area (Å²) in [6.45, 7) is 8.11. The van der Waals surface area contributed by atoms with E-state index in [-0.39, 0.29) is 17.7 Å². The van der Waals surface area contributed by atoms with E-state index < -0.39 is 0 Å². The number of nitrogens with one attached hydrogen (secondary N) is 1. The fourth-order valence-electron chi connectivity index (χ4n) is 2.43. The lowest BCUT2D eigenvalue weighted by Crippen LogP contribution is -2.55. The van der Waals surface area contributed by atoms with E-state index >= 15 is 0 Å². The summed E-state index contributed by atoms with van der Waals surface area (Å²) in [5.41, 5.74) is -0.316. The van der Waals surface area contributed by atoms with Crippen LogP contribution in [0.2, 0.25) is 0 Å². The van der Waals surface area contributed by atoms with Crippen LogP contribution >= 0.6 is 0 Å². The van der Waals surface area contributed by atoms with Crippen LogP contribution in [-0.4, -0.2) is 48.7 Å². The standard InChI is InChI=1S/C15H29NO3/c1-14(2,3)19-9-8-18-11-15(10-17,12-4-5-12)16-13-6-7-13/h12-13,16-17H,4-11H2,1-3H3. The van der Waals surface area contributed by atoms with Crippen LogP contribution < -0.4 is 5.32 Å². The largest absolute Gasteiger partial charge is 0.394 e. The average Bonchev–Trinajstić information content (AvgIpc) is 3.17. The Hall–Kier alpha value is -0.160. The van der Waals surface area contributed by atoms with Gasteiger partial charge in [0.25, 0.3) is 0 Å². The van der Waals surface area contributed by atoms with Gasteiger partial charge in [0.1, 0.15) is 0 Å². The third kappa shape index (κ3) is 5.03. The molecule has 4 nitrogen and oxygen atoms in total. The Morgan fingerprint density at radius 2 is 1.79 bits per heavy atom. The van der Waals surface area contributed by atoms with Gasteiger partial charge in [0.2, 0.25) is 0 Å². The average molecular weight is 271 g/mol. The van der Waals surface area contributed by atoms with Gasteiger partial charge in [0, 0.05) is 6.04 Å². The highest BCUT2D eigenvalue weighted by atomic mass is 16.5. The van der Waals surface area contributed by atoms with Gasteiger partial charge in [-0.1, -0.05) is 0 Å². The van der Waals surface area contributed by atoms with Crippen LogP contribution in [0.4, 0.5) is 0 Å². The summed E-state index contributed by atoms with van der Waals surface area (Å²) in [4.78, 5) is 0. The first kappa shape index (κ1) is 15.2. The van der Waals surface area contributed by atoms with Crippen molar-refractivity contribution >= 4 is 0 Å². The SMILES string of the molecule is CC(C)(C)OCCOCC(CO)(NC1CC1)C1CC1. The molecule has 2 fully saturated rings. The Morgan fingerprint density at radius 1 is 1.11 bits per heavy atom. The minimum atomic E-state index is -0.205.